The number of unbranched alkanes of at least 4 members (excludes halogenated alkanes) is 25. The van der Waals surface area contributed by atoms with Gasteiger partial charge in [0, 0.05) is 6.42 Å². The predicted octanol–water partition coefficient (Wildman–Crippen LogP) is 19.5. The molecule has 0 spiro atoms. The second kappa shape index (κ2) is 64.8. The summed E-state index contributed by atoms with van der Waals surface area (Å²) in [7, 11) is 0. The fraction of sp³-hybridized carbons (Fsp3) is 0.654. The minimum absolute atomic E-state index is 0.234. The van der Waals surface area contributed by atoms with E-state index in [-0.39, 0.29) is 18.9 Å². The van der Waals surface area contributed by atoms with E-state index in [1.807, 2.05) is 6.08 Å². The smallest absolute Gasteiger partial charge is 0.220 e. The summed E-state index contributed by atoms with van der Waals surface area (Å²) in [6.07, 6.45) is 94.9. The Bertz CT molecular complexity index is 1930. The van der Waals surface area contributed by atoms with Gasteiger partial charge in [0.05, 0.1) is 25.4 Å². The number of aliphatic hydroxyl groups is 5. The summed E-state index contributed by atoms with van der Waals surface area (Å²) in [6.45, 7) is 3.63. The van der Waals surface area contributed by atoms with Crippen molar-refractivity contribution in [3.05, 3.63) is 158 Å². The first-order valence-corrected chi connectivity index (χ1v) is 35.2. The maximum absolute atomic E-state index is 13.1. The lowest BCUT2D eigenvalue weighted by Crippen LogP contribution is -2.60. The Balaban J connectivity index is 2.24. The van der Waals surface area contributed by atoms with Crippen LogP contribution in [-0.2, 0) is 14.3 Å². The number of carbonyl (C=O) groups excluding carboxylic acids is 1. The quantitative estimate of drug-likeness (QED) is 0.0261. The third-order valence-corrected chi connectivity index (χ3v) is 15.6. The van der Waals surface area contributed by atoms with Gasteiger partial charge in [-0.2, -0.15) is 0 Å². The fourth-order valence-electron chi connectivity index (χ4n) is 10.1. The lowest BCUT2D eigenvalue weighted by atomic mass is 9.99. The Labute approximate surface area is 533 Å². The van der Waals surface area contributed by atoms with Crippen LogP contribution >= 0.6 is 0 Å². The minimum Gasteiger partial charge on any atom is -0.394 e. The van der Waals surface area contributed by atoms with E-state index in [2.05, 4.69) is 165 Å². The minimum atomic E-state index is -1.60. The molecular formula is C78H129NO8. The molecule has 0 aromatic rings. The Kier molecular flexibility index (Phi) is 60.2. The van der Waals surface area contributed by atoms with Gasteiger partial charge in [0.1, 0.15) is 24.4 Å². The number of hydrogen-bond donors (Lipinski definition) is 6. The van der Waals surface area contributed by atoms with Crippen LogP contribution < -0.4 is 5.32 Å². The topological polar surface area (TPSA) is 149 Å². The number of hydrogen-bond acceptors (Lipinski definition) is 8. The number of rotatable bonds is 59. The highest BCUT2D eigenvalue weighted by molar-refractivity contribution is 5.76. The largest absolute Gasteiger partial charge is 0.394 e. The lowest BCUT2D eigenvalue weighted by Gasteiger charge is -2.40. The number of allylic oxidation sites excluding steroid dienone is 25. The molecule has 0 aromatic carbocycles. The molecule has 7 atom stereocenters. The number of nitrogens with one attached hydrogen (secondary N) is 1. The van der Waals surface area contributed by atoms with E-state index < -0.39 is 49.5 Å². The Morgan fingerprint density at radius 2 is 0.724 bits per heavy atom. The average Bonchev–Trinajstić information content (AvgIpc) is 3.38. The molecule has 1 fully saturated rings. The van der Waals surface area contributed by atoms with Gasteiger partial charge in [-0.25, -0.2) is 0 Å². The molecule has 1 heterocycles. The highest BCUT2D eigenvalue weighted by Crippen LogP contribution is 2.23. The molecule has 1 aliphatic heterocycles. The molecule has 9 heteroatoms. The molecule has 1 aliphatic rings. The van der Waals surface area contributed by atoms with Gasteiger partial charge in [0.15, 0.2) is 6.29 Å². The summed E-state index contributed by atoms with van der Waals surface area (Å²) in [6, 6.07) is -0.867. The fourth-order valence-corrected chi connectivity index (χ4v) is 10.1. The SMILES string of the molecule is CC/C=C\C/C=C\C/C=C\C/C=C\C/C=C\C/C=C\C/C=C\C/C=C\C/C=C\C/C=C\CCCCC(=O)NC(COC1OC(CO)C(O)C(O)C1O)C(O)/C=C/CC/C=C/CC/C=C/CCCCCCCCCCCCCCCCCCCCCCC. The first-order valence-electron chi connectivity index (χ1n) is 35.2. The second-order valence-corrected chi connectivity index (χ2v) is 23.6. The standard InChI is InChI=1S/C78H129NO8/c1-3-5-7-9-11-13-15-17-19-21-23-25-27-29-31-33-35-36-38-40-42-44-46-48-50-52-54-56-58-60-62-64-66-68-74(82)79-71(70-86-78-77(85)76(84)75(83)73(69-80)87-78)72(81)67-65-63-61-59-57-55-53-51-49-47-45-43-41-39-37-34-32-30-28-26-24-22-20-18-16-14-12-10-8-6-4-2/h5,7,11,13,17,19,23,25,29,31,35-36,40,42,46,48-49,51-52,54,57-60,65,67,71-73,75-78,80-81,83-85H,3-4,6,8-10,12,14-16,18,20-22,24,26-28,30,32-34,37-39,41,43-45,47,50,53,55-56,61-64,66,68-70H2,1-2H3,(H,79,82)/b7-5-,13-11-,19-17-,25-23-,31-29-,36-35-,42-40-,48-46-,51-49+,54-52-,59-57+,60-58-,67-65+. The van der Waals surface area contributed by atoms with Crippen molar-refractivity contribution in [1.29, 1.82) is 0 Å². The van der Waals surface area contributed by atoms with E-state index in [1.165, 1.54) is 135 Å². The molecule has 0 bridgehead atoms. The van der Waals surface area contributed by atoms with Crippen molar-refractivity contribution >= 4 is 5.91 Å². The van der Waals surface area contributed by atoms with Crippen LogP contribution in [0.2, 0.25) is 0 Å². The molecule has 1 amide bonds. The molecule has 0 aliphatic carbocycles. The second-order valence-electron chi connectivity index (χ2n) is 23.6. The van der Waals surface area contributed by atoms with E-state index in [0.29, 0.717) is 12.8 Å². The molecular weight excluding hydrogens is 1080 g/mol. The van der Waals surface area contributed by atoms with Crippen molar-refractivity contribution in [2.45, 2.75) is 314 Å². The number of ether oxygens (including phenoxy) is 2. The van der Waals surface area contributed by atoms with E-state index in [9.17, 15) is 30.3 Å². The van der Waals surface area contributed by atoms with Gasteiger partial charge in [-0.3, -0.25) is 4.79 Å². The number of aliphatic hydroxyl groups excluding tert-OH is 5. The molecule has 0 radical (unpaired) electrons. The van der Waals surface area contributed by atoms with Crippen molar-refractivity contribution < 1.29 is 39.8 Å². The Hall–Kier alpha value is -4.19. The number of carbonyl (C=O) groups is 1. The number of amides is 1. The molecule has 7 unspecified atom stereocenters. The Morgan fingerprint density at radius 3 is 1.10 bits per heavy atom. The predicted molar refractivity (Wildman–Crippen MR) is 373 cm³/mol. The molecule has 0 aromatic heterocycles. The summed E-state index contributed by atoms with van der Waals surface area (Å²) < 4.78 is 11.3. The van der Waals surface area contributed by atoms with Gasteiger partial charge in [-0.1, -0.05) is 300 Å². The molecule has 0 saturated carbocycles. The zero-order valence-electron chi connectivity index (χ0n) is 55.2. The summed E-state index contributed by atoms with van der Waals surface area (Å²) in [5.41, 5.74) is 0. The molecule has 494 valence electrons. The molecule has 1 rings (SSSR count). The monoisotopic (exact) mass is 1210 g/mol. The van der Waals surface area contributed by atoms with Crippen LogP contribution in [0.3, 0.4) is 0 Å². The van der Waals surface area contributed by atoms with Crippen LogP contribution in [0.5, 0.6) is 0 Å². The van der Waals surface area contributed by atoms with E-state index in [1.54, 1.807) is 6.08 Å². The van der Waals surface area contributed by atoms with Crippen LogP contribution in [0.1, 0.15) is 271 Å². The highest BCUT2D eigenvalue weighted by Gasteiger charge is 2.44. The van der Waals surface area contributed by atoms with Gasteiger partial charge in [-0.05, 0) is 122 Å². The van der Waals surface area contributed by atoms with Gasteiger partial charge in [0.2, 0.25) is 5.91 Å². The van der Waals surface area contributed by atoms with E-state index in [4.69, 9.17) is 9.47 Å². The van der Waals surface area contributed by atoms with Gasteiger partial charge in [0.25, 0.3) is 0 Å². The summed E-state index contributed by atoms with van der Waals surface area (Å²) in [4.78, 5) is 13.1. The molecule has 9 nitrogen and oxygen atoms in total. The van der Waals surface area contributed by atoms with Crippen LogP contribution in [-0.4, -0.2) is 87.5 Å². The van der Waals surface area contributed by atoms with Gasteiger partial charge in [-0.15, -0.1) is 0 Å². The average molecular weight is 1210 g/mol. The summed E-state index contributed by atoms with van der Waals surface area (Å²) in [5.74, 6) is -0.238. The zero-order valence-corrected chi connectivity index (χ0v) is 55.2. The van der Waals surface area contributed by atoms with Gasteiger partial charge >= 0.3 is 0 Å². The van der Waals surface area contributed by atoms with Crippen LogP contribution in [0.25, 0.3) is 0 Å². The van der Waals surface area contributed by atoms with E-state index in [0.717, 1.165) is 103 Å². The van der Waals surface area contributed by atoms with Crippen molar-refractivity contribution in [2.24, 2.45) is 0 Å². The highest BCUT2D eigenvalue weighted by atomic mass is 16.7. The van der Waals surface area contributed by atoms with Crippen molar-refractivity contribution in [3.63, 3.8) is 0 Å². The third-order valence-electron chi connectivity index (χ3n) is 15.6. The van der Waals surface area contributed by atoms with Crippen molar-refractivity contribution in [2.75, 3.05) is 13.2 Å². The zero-order chi connectivity index (χ0) is 62.8. The first kappa shape index (κ1) is 80.8. The molecule has 1 saturated heterocycles. The molecule has 6 N–H and O–H groups in total. The van der Waals surface area contributed by atoms with Gasteiger partial charge < -0.3 is 40.3 Å². The lowest BCUT2D eigenvalue weighted by molar-refractivity contribution is -0.302. The van der Waals surface area contributed by atoms with Crippen LogP contribution in [0.15, 0.2) is 158 Å². The van der Waals surface area contributed by atoms with Crippen LogP contribution in [0.4, 0.5) is 0 Å². The van der Waals surface area contributed by atoms with E-state index >= 15 is 0 Å². The van der Waals surface area contributed by atoms with Crippen molar-refractivity contribution in [1.82, 2.24) is 5.32 Å². The first-order chi connectivity index (χ1) is 42.8. The molecule has 87 heavy (non-hydrogen) atoms. The normalized spacial score (nSPS) is 19.0. The maximum atomic E-state index is 13.1. The van der Waals surface area contributed by atoms with Crippen molar-refractivity contribution in [3.8, 4) is 0 Å². The summed E-state index contributed by atoms with van der Waals surface area (Å²) in [5, 5.41) is 54.7. The third kappa shape index (κ3) is 53.4. The maximum Gasteiger partial charge on any atom is 0.220 e. The summed E-state index contributed by atoms with van der Waals surface area (Å²) >= 11 is 0. The van der Waals surface area contributed by atoms with Crippen LogP contribution in [0, 0.1) is 0 Å². The Morgan fingerprint density at radius 1 is 0.402 bits per heavy atom.